The van der Waals surface area contributed by atoms with Crippen molar-refractivity contribution in [3.8, 4) is 0 Å². The van der Waals surface area contributed by atoms with E-state index in [1.54, 1.807) is 35.0 Å². The molecule has 0 radical (unpaired) electrons. The number of halogens is 3. The highest BCUT2D eigenvalue weighted by atomic mass is 32.2. The molecule has 0 aliphatic carbocycles. The molecular weight excluding hydrogens is 385 g/mol. The molecule has 0 bridgehead atoms. The van der Waals surface area contributed by atoms with Gasteiger partial charge in [0.25, 0.3) is 5.91 Å². The minimum absolute atomic E-state index is 0.155. The molecular formula is C17H17F3N2O2S2. The van der Waals surface area contributed by atoms with E-state index >= 15 is 0 Å². The maximum absolute atomic E-state index is 12.4. The Morgan fingerprint density at radius 1 is 1.15 bits per heavy atom. The normalized spacial score (nSPS) is 11.2. The summed E-state index contributed by atoms with van der Waals surface area (Å²) in [7, 11) is 0. The summed E-state index contributed by atoms with van der Waals surface area (Å²) < 4.78 is 37.1. The van der Waals surface area contributed by atoms with Crippen molar-refractivity contribution in [3.05, 3.63) is 46.7 Å². The van der Waals surface area contributed by atoms with Crippen LogP contribution in [0.2, 0.25) is 0 Å². The van der Waals surface area contributed by atoms with E-state index in [2.05, 4.69) is 10.6 Å². The van der Waals surface area contributed by atoms with Crippen LogP contribution in [0.3, 0.4) is 0 Å². The topological polar surface area (TPSA) is 58.2 Å². The molecule has 0 atom stereocenters. The number of rotatable bonds is 8. The zero-order valence-electron chi connectivity index (χ0n) is 13.6. The number of para-hydroxylation sites is 1. The monoisotopic (exact) mass is 402 g/mol. The molecule has 1 aromatic heterocycles. The summed E-state index contributed by atoms with van der Waals surface area (Å²) in [6.07, 6.45) is -3.69. The fourth-order valence-electron chi connectivity index (χ4n) is 2.01. The number of carbonyl (C=O) groups excluding carboxylic acids is 2. The summed E-state index contributed by atoms with van der Waals surface area (Å²) in [5.74, 6) is -1.52. The Bertz CT molecular complexity index is 734. The van der Waals surface area contributed by atoms with Gasteiger partial charge in [0.15, 0.2) is 0 Å². The molecule has 4 nitrogen and oxygen atoms in total. The number of amides is 2. The Morgan fingerprint density at radius 3 is 2.62 bits per heavy atom. The third-order valence-corrected chi connectivity index (χ3v) is 5.02. The maximum Gasteiger partial charge on any atom is 0.398 e. The lowest BCUT2D eigenvalue weighted by Gasteiger charge is -2.12. The molecule has 0 unspecified atom stereocenters. The van der Waals surface area contributed by atoms with Crippen molar-refractivity contribution >= 4 is 40.6 Å². The van der Waals surface area contributed by atoms with Crippen LogP contribution >= 0.6 is 23.1 Å². The molecule has 0 saturated carbocycles. The summed E-state index contributed by atoms with van der Waals surface area (Å²) in [5.41, 5.74) is 0.934. The molecule has 0 aliphatic heterocycles. The van der Waals surface area contributed by atoms with E-state index in [-0.39, 0.29) is 18.2 Å². The highest BCUT2D eigenvalue weighted by Crippen LogP contribution is 2.32. The van der Waals surface area contributed by atoms with E-state index in [0.717, 1.165) is 0 Å². The average Bonchev–Trinajstić information content (AvgIpc) is 3.12. The smallest absolute Gasteiger partial charge is 0.352 e. The van der Waals surface area contributed by atoms with Gasteiger partial charge in [0, 0.05) is 28.8 Å². The first-order valence-corrected chi connectivity index (χ1v) is 9.67. The Balaban J connectivity index is 1.76. The van der Waals surface area contributed by atoms with Gasteiger partial charge in [0.05, 0.1) is 11.4 Å². The van der Waals surface area contributed by atoms with Crippen LogP contribution in [0.15, 0.2) is 46.0 Å². The predicted octanol–water partition coefficient (Wildman–Crippen LogP) is 4.55. The third kappa shape index (κ3) is 7.09. The average molecular weight is 402 g/mol. The standard InChI is InChI=1S/C17H17F3N2O2S2/c18-17(19,20)11-26-14-5-2-1-4-13(14)22-15(23)6-3-8-21-16(24)12-7-9-25-10-12/h1-2,4-5,7,9-10H,3,6,8,11H2,(H,21,24)(H,22,23). The molecule has 140 valence electrons. The molecule has 26 heavy (non-hydrogen) atoms. The van der Waals surface area contributed by atoms with Crippen molar-refractivity contribution in [1.82, 2.24) is 5.32 Å². The minimum Gasteiger partial charge on any atom is -0.352 e. The highest BCUT2D eigenvalue weighted by molar-refractivity contribution is 7.99. The van der Waals surface area contributed by atoms with E-state index in [0.29, 0.717) is 40.9 Å². The zero-order valence-corrected chi connectivity index (χ0v) is 15.3. The van der Waals surface area contributed by atoms with E-state index in [1.807, 2.05) is 0 Å². The Labute approximate surface area is 157 Å². The van der Waals surface area contributed by atoms with Crippen LogP contribution in [-0.4, -0.2) is 30.3 Å². The fourth-order valence-corrected chi connectivity index (χ4v) is 3.42. The number of thioether (sulfide) groups is 1. The van der Waals surface area contributed by atoms with Crippen molar-refractivity contribution in [2.24, 2.45) is 0 Å². The van der Waals surface area contributed by atoms with Crippen molar-refractivity contribution in [1.29, 1.82) is 0 Å². The summed E-state index contributed by atoms with van der Waals surface area (Å²) in [4.78, 5) is 24.1. The van der Waals surface area contributed by atoms with Gasteiger partial charge in [-0.15, -0.1) is 11.8 Å². The Hall–Kier alpha value is -2.00. The van der Waals surface area contributed by atoms with E-state index in [4.69, 9.17) is 0 Å². The van der Waals surface area contributed by atoms with E-state index < -0.39 is 11.9 Å². The lowest BCUT2D eigenvalue weighted by atomic mass is 10.2. The number of nitrogens with one attached hydrogen (secondary N) is 2. The van der Waals surface area contributed by atoms with Crippen molar-refractivity contribution in [2.45, 2.75) is 23.9 Å². The molecule has 0 fully saturated rings. The second-order valence-electron chi connectivity index (χ2n) is 5.32. The molecule has 2 N–H and O–H groups in total. The van der Waals surface area contributed by atoms with Crippen LogP contribution < -0.4 is 10.6 Å². The van der Waals surface area contributed by atoms with Gasteiger partial charge in [0.1, 0.15) is 0 Å². The zero-order chi connectivity index (χ0) is 19.0. The number of carbonyl (C=O) groups is 2. The summed E-state index contributed by atoms with van der Waals surface area (Å²) in [5, 5.41) is 8.87. The maximum atomic E-state index is 12.4. The van der Waals surface area contributed by atoms with Gasteiger partial charge in [-0.1, -0.05) is 12.1 Å². The number of hydrogen-bond acceptors (Lipinski definition) is 4. The van der Waals surface area contributed by atoms with Crippen LogP contribution in [0.25, 0.3) is 0 Å². The fraction of sp³-hybridized carbons (Fsp3) is 0.294. The summed E-state index contributed by atoms with van der Waals surface area (Å²) in [6, 6.07) is 8.08. The van der Waals surface area contributed by atoms with Crippen LogP contribution in [0.4, 0.5) is 18.9 Å². The van der Waals surface area contributed by atoms with Gasteiger partial charge in [-0.3, -0.25) is 9.59 Å². The molecule has 9 heteroatoms. The molecule has 0 saturated heterocycles. The van der Waals surface area contributed by atoms with Gasteiger partial charge in [-0.05, 0) is 30.0 Å². The van der Waals surface area contributed by atoms with Gasteiger partial charge >= 0.3 is 6.18 Å². The van der Waals surface area contributed by atoms with Gasteiger partial charge in [-0.2, -0.15) is 24.5 Å². The predicted molar refractivity (Wildman–Crippen MR) is 97.7 cm³/mol. The van der Waals surface area contributed by atoms with Crippen LogP contribution in [0, 0.1) is 0 Å². The molecule has 2 rings (SSSR count). The summed E-state index contributed by atoms with van der Waals surface area (Å²) in [6.45, 7) is 0.340. The summed E-state index contributed by atoms with van der Waals surface area (Å²) >= 11 is 2.05. The minimum atomic E-state index is -4.28. The number of hydrogen-bond donors (Lipinski definition) is 2. The lowest BCUT2D eigenvalue weighted by molar-refractivity contribution is -0.116. The van der Waals surface area contributed by atoms with Crippen LogP contribution in [0.5, 0.6) is 0 Å². The Kier molecular flexibility index (Phi) is 7.52. The third-order valence-electron chi connectivity index (χ3n) is 3.20. The molecule has 2 aromatic rings. The molecule has 0 aliphatic rings. The highest BCUT2D eigenvalue weighted by Gasteiger charge is 2.27. The quantitative estimate of drug-likeness (QED) is 0.503. The number of thiophene rings is 1. The lowest BCUT2D eigenvalue weighted by Crippen LogP contribution is -2.25. The van der Waals surface area contributed by atoms with Crippen LogP contribution in [0.1, 0.15) is 23.2 Å². The second kappa shape index (κ2) is 9.63. The first-order valence-electron chi connectivity index (χ1n) is 7.74. The first-order chi connectivity index (χ1) is 12.3. The largest absolute Gasteiger partial charge is 0.398 e. The van der Waals surface area contributed by atoms with Gasteiger partial charge in [0.2, 0.25) is 5.91 Å². The van der Waals surface area contributed by atoms with Crippen molar-refractivity contribution < 1.29 is 22.8 Å². The molecule has 0 spiro atoms. The first kappa shape index (κ1) is 20.3. The second-order valence-corrected chi connectivity index (χ2v) is 7.12. The van der Waals surface area contributed by atoms with Crippen molar-refractivity contribution in [2.75, 3.05) is 17.6 Å². The molecule has 2 amide bonds. The molecule has 1 heterocycles. The van der Waals surface area contributed by atoms with Crippen LogP contribution in [-0.2, 0) is 4.79 Å². The van der Waals surface area contributed by atoms with Gasteiger partial charge < -0.3 is 10.6 Å². The SMILES string of the molecule is O=C(CCCNC(=O)c1ccsc1)Nc1ccccc1SCC(F)(F)F. The van der Waals surface area contributed by atoms with E-state index in [9.17, 15) is 22.8 Å². The van der Waals surface area contributed by atoms with E-state index in [1.165, 1.54) is 17.4 Å². The molecule has 1 aromatic carbocycles. The number of alkyl halides is 3. The Morgan fingerprint density at radius 2 is 1.92 bits per heavy atom. The number of benzene rings is 1. The number of anilines is 1. The van der Waals surface area contributed by atoms with Gasteiger partial charge in [-0.25, -0.2) is 0 Å². The van der Waals surface area contributed by atoms with Crippen molar-refractivity contribution in [3.63, 3.8) is 0 Å².